The van der Waals surface area contributed by atoms with Crippen molar-refractivity contribution < 1.29 is 9.53 Å². The predicted molar refractivity (Wildman–Crippen MR) is 140 cm³/mol. The molecule has 1 heterocycles. The second-order valence-corrected chi connectivity index (χ2v) is 11.0. The molecular formula is C30H40N2O2. The molecule has 2 atom stereocenters. The number of ether oxygens (including phenoxy) is 1. The fourth-order valence-corrected chi connectivity index (χ4v) is 5.52. The molecule has 4 nitrogen and oxygen atoms in total. The van der Waals surface area contributed by atoms with E-state index in [2.05, 4.69) is 67.8 Å². The highest BCUT2D eigenvalue weighted by atomic mass is 16.5. The van der Waals surface area contributed by atoms with Crippen LogP contribution >= 0.6 is 0 Å². The Morgan fingerprint density at radius 1 is 1.00 bits per heavy atom. The molecule has 0 aromatic heterocycles. The molecular weight excluding hydrogens is 420 g/mol. The van der Waals surface area contributed by atoms with Crippen molar-refractivity contribution in [2.45, 2.75) is 72.1 Å². The number of benzene rings is 2. The molecule has 2 aliphatic rings. The molecule has 4 heteroatoms. The highest BCUT2D eigenvalue weighted by Gasteiger charge is 2.30. The summed E-state index contributed by atoms with van der Waals surface area (Å²) in [5.41, 5.74) is 6.71. The molecule has 34 heavy (non-hydrogen) atoms. The summed E-state index contributed by atoms with van der Waals surface area (Å²) < 4.78 is 4.81. The summed E-state index contributed by atoms with van der Waals surface area (Å²) in [4.78, 5) is 16.9. The Labute approximate surface area is 205 Å². The summed E-state index contributed by atoms with van der Waals surface area (Å²) in [6.45, 7) is 13.5. The van der Waals surface area contributed by atoms with Crippen LogP contribution in [-0.2, 0) is 17.8 Å². The monoisotopic (exact) mass is 460 g/mol. The summed E-state index contributed by atoms with van der Waals surface area (Å²) in [6, 6.07) is 17.8. The van der Waals surface area contributed by atoms with Gasteiger partial charge in [0.15, 0.2) is 0 Å². The van der Waals surface area contributed by atoms with Crippen LogP contribution in [0.25, 0.3) is 5.57 Å². The predicted octanol–water partition coefficient (Wildman–Crippen LogP) is 6.16. The fourth-order valence-electron chi connectivity index (χ4n) is 5.52. The molecule has 4 rings (SSSR count). The van der Waals surface area contributed by atoms with Crippen molar-refractivity contribution in [3.63, 3.8) is 0 Å². The van der Waals surface area contributed by atoms with Gasteiger partial charge in [-0.2, -0.15) is 0 Å². The van der Waals surface area contributed by atoms with Gasteiger partial charge in [0, 0.05) is 38.3 Å². The molecule has 2 aromatic carbocycles. The van der Waals surface area contributed by atoms with Crippen LogP contribution in [0.15, 0.2) is 54.6 Å². The Balaban J connectivity index is 1.41. The zero-order valence-electron chi connectivity index (χ0n) is 21.5. The molecule has 0 radical (unpaired) electrons. The molecule has 1 aliphatic carbocycles. The standard InChI is InChI=1S/C30H40N2O2/c1-22-18-31(20-24-10-12-26(13-11-24)29(33)34-5)19-23(2)32(22)21-27-8-6-7-9-28(27)25-14-16-30(3,4)17-15-25/h6-14,22-23H,15-21H2,1-5H3/t22-,23+. The number of hydrogen-bond donors (Lipinski definition) is 0. The van der Waals surface area contributed by atoms with Gasteiger partial charge >= 0.3 is 5.97 Å². The van der Waals surface area contributed by atoms with E-state index in [9.17, 15) is 4.79 Å². The summed E-state index contributed by atoms with van der Waals surface area (Å²) >= 11 is 0. The van der Waals surface area contributed by atoms with Gasteiger partial charge in [0.1, 0.15) is 0 Å². The molecule has 1 saturated heterocycles. The molecule has 182 valence electrons. The largest absolute Gasteiger partial charge is 0.465 e. The maximum absolute atomic E-state index is 11.7. The highest BCUT2D eigenvalue weighted by molar-refractivity contribution is 5.89. The molecule has 0 bridgehead atoms. The van der Waals surface area contributed by atoms with Gasteiger partial charge in [-0.15, -0.1) is 0 Å². The van der Waals surface area contributed by atoms with Gasteiger partial charge in [-0.3, -0.25) is 9.80 Å². The Morgan fingerprint density at radius 3 is 2.29 bits per heavy atom. The number of rotatable bonds is 6. The van der Waals surface area contributed by atoms with Crippen LogP contribution in [0.5, 0.6) is 0 Å². The van der Waals surface area contributed by atoms with Gasteiger partial charge in [-0.25, -0.2) is 4.79 Å². The third-order valence-electron chi connectivity index (χ3n) is 7.65. The smallest absolute Gasteiger partial charge is 0.337 e. The van der Waals surface area contributed by atoms with Crippen LogP contribution in [-0.4, -0.2) is 48.1 Å². The van der Waals surface area contributed by atoms with Crippen molar-refractivity contribution in [1.82, 2.24) is 9.80 Å². The third kappa shape index (κ3) is 5.79. The number of methoxy groups -OCH3 is 1. The Bertz CT molecular complexity index is 1010. The first-order valence-corrected chi connectivity index (χ1v) is 12.7. The summed E-state index contributed by atoms with van der Waals surface area (Å²) in [5, 5.41) is 0. The van der Waals surface area contributed by atoms with Crippen molar-refractivity contribution in [3.8, 4) is 0 Å². The second kappa shape index (κ2) is 10.5. The van der Waals surface area contributed by atoms with Crippen LogP contribution < -0.4 is 0 Å². The van der Waals surface area contributed by atoms with Gasteiger partial charge in [-0.1, -0.05) is 56.3 Å². The first-order chi connectivity index (χ1) is 16.3. The number of nitrogens with zero attached hydrogens (tertiary/aromatic N) is 2. The van der Waals surface area contributed by atoms with Gasteiger partial charge < -0.3 is 4.74 Å². The zero-order valence-corrected chi connectivity index (χ0v) is 21.5. The van der Waals surface area contributed by atoms with Crippen molar-refractivity contribution in [1.29, 1.82) is 0 Å². The lowest BCUT2D eigenvalue weighted by Crippen LogP contribution is -2.55. The first kappa shape index (κ1) is 24.7. The summed E-state index contributed by atoms with van der Waals surface area (Å²) in [6.07, 6.45) is 6.10. The average molecular weight is 461 g/mol. The number of esters is 1. The lowest BCUT2D eigenvalue weighted by atomic mass is 9.76. The lowest BCUT2D eigenvalue weighted by Gasteiger charge is -2.45. The molecule has 1 aliphatic heterocycles. The Kier molecular flexibility index (Phi) is 7.59. The van der Waals surface area contributed by atoms with Crippen molar-refractivity contribution >= 4 is 11.5 Å². The number of carbonyl (C=O) groups excluding carboxylic acids is 1. The van der Waals surface area contributed by atoms with E-state index in [-0.39, 0.29) is 5.97 Å². The molecule has 2 aromatic rings. The van der Waals surface area contributed by atoms with E-state index in [0.29, 0.717) is 23.1 Å². The number of hydrogen-bond acceptors (Lipinski definition) is 4. The number of allylic oxidation sites excluding steroid dienone is 2. The minimum Gasteiger partial charge on any atom is -0.465 e. The third-order valence-corrected chi connectivity index (χ3v) is 7.65. The van der Waals surface area contributed by atoms with E-state index in [1.54, 1.807) is 0 Å². The van der Waals surface area contributed by atoms with Crippen LogP contribution in [0.4, 0.5) is 0 Å². The lowest BCUT2D eigenvalue weighted by molar-refractivity contribution is 0.0290. The van der Waals surface area contributed by atoms with Crippen LogP contribution in [0.2, 0.25) is 0 Å². The highest BCUT2D eigenvalue weighted by Crippen LogP contribution is 2.39. The SMILES string of the molecule is COC(=O)c1ccc(CN2C[C@@H](C)N(Cc3ccccc3C3=CCC(C)(C)CC3)[C@@H](C)C2)cc1. The van der Waals surface area contributed by atoms with Gasteiger partial charge in [0.05, 0.1) is 12.7 Å². The van der Waals surface area contributed by atoms with E-state index < -0.39 is 0 Å². The topological polar surface area (TPSA) is 32.8 Å². The average Bonchev–Trinajstić information content (AvgIpc) is 2.82. The Morgan fingerprint density at radius 2 is 1.68 bits per heavy atom. The molecule has 0 amide bonds. The van der Waals surface area contributed by atoms with Gasteiger partial charge in [0.2, 0.25) is 0 Å². The molecule has 0 spiro atoms. The zero-order chi connectivity index (χ0) is 24.3. The maximum atomic E-state index is 11.7. The molecule has 0 saturated carbocycles. The van der Waals surface area contributed by atoms with Crippen molar-refractivity contribution in [2.24, 2.45) is 5.41 Å². The minimum atomic E-state index is -0.282. The summed E-state index contributed by atoms with van der Waals surface area (Å²) in [5.74, 6) is -0.282. The van der Waals surface area contributed by atoms with Crippen LogP contribution in [0.3, 0.4) is 0 Å². The van der Waals surface area contributed by atoms with Crippen molar-refractivity contribution in [3.05, 3.63) is 76.9 Å². The van der Waals surface area contributed by atoms with Crippen LogP contribution in [0.1, 0.15) is 74.0 Å². The van der Waals surface area contributed by atoms with E-state index in [4.69, 9.17) is 4.74 Å². The summed E-state index contributed by atoms with van der Waals surface area (Å²) in [7, 11) is 1.42. The van der Waals surface area contributed by atoms with Crippen LogP contribution in [0, 0.1) is 5.41 Å². The van der Waals surface area contributed by atoms with E-state index in [1.807, 2.05) is 24.3 Å². The van der Waals surface area contributed by atoms with E-state index >= 15 is 0 Å². The second-order valence-electron chi connectivity index (χ2n) is 11.0. The fraction of sp³-hybridized carbons (Fsp3) is 0.500. The number of piperazine rings is 1. The van der Waals surface area contributed by atoms with E-state index in [0.717, 1.165) is 26.2 Å². The maximum Gasteiger partial charge on any atom is 0.337 e. The van der Waals surface area contributed by atoms with Gasteiger partial charge in [0.25, 0.3) is 0 Å². The van der Waals surface area contributed by atoms with Gasteiger partial charge in [-0.05, 0) is 72.9 Å². The van der Waals surface area contributed by atoms with Crippen molar-refractivity contribution in [2.75, 3.05) is 20.2 Å². The number of carbonyl (C=O) groups is 1. The Hall–Kier alpha value is -2.43. The molecule has 0 N–H and O–H groups in total. The normalized spacial score (nSPS) is 23.4. The molecule has 0 unspecified atom stereocenters. The minimum absolute atomic E-state index is 0.282. The van der Waals surface area contributed by atoms with E-state index in [1.165, 1.54) is 48.6 Å². The quantitative estimate of drug-likeness (QED) is 0.483. The molecule has 1 fully saturated rings. The first-order valence-electron chi connectivity index (χ1n) is 12.7.